The number of carbonyl (C=O) groups is 1. The van der Waals surface area contributed by atoms with E-state index in [1.54, 1.807) is 12.1 Å². The third-order valence-electron chi connectivity index (χ3n) is 1.75. The lowest BCUT2D eigenvalue weighted by atomic mass is 10.3. The van der Waals surface area contributed by atoms with Crippen molar-refractivity contribution in [3.63, 3.8) is 0 Å². The van der Waals surface area contributed by atoms with E-state index >= 15 is 0 Å². The van der Waals surface area contributed by atoms with Crippen LogP contribution in [0.15, 0.2) is 24.5 Å². The van der Waals surface area contributed by atoms with Gasteiger partial charge in [-0.3, -0.25) is 4.79 Å². The van der Waals surface area contributed by atoms with Crippen LogP contribution in [0.5, 0.6) is 0 Å². The minimum atomic E-state index is 0.219. The molecule has 0 aromatic carbocycles. The SMILES string of the molecule is N#Cc1cn(-c2ccc(C=O)cn2)nn1. The smallest absolute Gasteiger partial charge is 0.183 e. The van der Waals surface area contributed by atoms with Gasteiger partial charge in [0.15, 0.2) is 17.8 Å². The van der Waals surface area contributed by atoms with Crippen molar-refractivity contribution >= 4 is 6.29 Å². The molecule has 6 nitrogen and oxygen atoms in total. The van der Waals surface area contributed by atoms with Crippen LogP contribution < -0.4 is 0 Å². The number of nitriles is 1. The number of aldehydes is 1. The summed E-state index contributed by atoms with van der Waals surface area (Å²) in [6, 6.07) is 5.10. The highest BCUT2D eigenvalue weighted by atomic mass is 16.1. The summed E-state index contributed by atoms with van der Waals surface area (Å²) in [7, 11) is 0. The predicted molar refractivity (Wildman–Crippen MR) is 49.3 cm³/mol. The molecular formula is C9H5N5O. The molecule has 72 valence electrons. The average molecular weight is 199 g/mol. The van der Waals surface area contributed by atoms with E-state index in [4.69, 9.17) is 5.26 Å². The first kappa shape index (κ1) is 9.02. The fourth-order valence-corrected chi connectivity index (χ4v) is 1.03. The topological polar surface area (TPSA) is 84.5 Å². The normalized spacial score (nSPS) is 9.53. The number of pyridine rings is 1. The Hall–Kier alpha value is -2.55. The highest BCUT2D eigenvalue weighted by molar-refractivity contribution is 5.74. The highest BCUT2D eigenvalue weighted by Gasteiger charge is 2.02. The Balaban J connectivity index is 2.37. The van der Waals surface area contributed by atoms with Crippen molar-refractivity contribution in [2.75, 3.05) is 0 Å². The van der Waals surface area contributed by atoms with Gasteiger partial charge in [-0.05, 0) is 12.1 Å². The molecule has 6 heteroatoms. The molecule has 0 bridgehead atoms. The molecule has 0 aliphatic rings. The Morgan fingerprint density at radius 2 is 2.33 bits per heavy atom. The van der Waals surface area contributed by atoms with Crippen molar-refractivity contribution in [2.45, 2.75) is 0 Å². The van der Waals surface area contributed by atoms with Crippen molar-refractivity contribution in [3.05, 3.63) is 35.8 Å². The minimum Gasteiger partial charge on any atom is -0.298 e. The summed E-state index contributed by atoms with van der Waals surface area (Å²) in [6.45, 7) is 0. The Bertz CT molecular complexity index is 522. The maximum atomic E-state index is 10.4. The average Bonchev–Trinajstić information content (AvgIpc) is 2.78. The Kier molecular flexibility index (Phi) is 2.21. The van der Waals surface area contributed by atoms with Gasteiger partial charge in [0.2, 0.25) is 0 Å². The van der Waals surface area contributed by atoms with E-state index in [1.807, 2.05) is 6.07 Å². The second-order valence-corrected chi connectivity index (χ2v) is 2.73. The van der Waals surface area contributed by atoms with Gasteiger partial charge in [0, 0.05) is 11.8 Å². The molecule has 2 rings (SSSR count). The number of hydrogen-bond donors (Lipinski definition) is 0. The summed E-state index contributed by atoms with van der Waals surface area (Å²) in [6.07, 6.45) is 3.60. The van der Waals surface area contributed by atoms with Crippen LogP contribution in [0.2, 0.25) is 0 Å². The molecule has 0 unspecified atom stereocenters. The molecule has 2 aromatic heterocycles. The lowest BCUT2D eigenvalue weighted by Gasteiger charge is -1.97. The second-order valence-electron chi connectivity index (χ2n) is 2.73. The zero-order valence-electron chi connectivity index (χ0n) is 7.53. The van der Waals surface area contributed by atoms with Crippen LogP contribution in [0.3, 0.4) is 0 Å². The van der Waals surface area contributed by atoms with Crippen LogP contribution in [0.4, 0.5) is 0 Å². The van der Waals surface area contributed by atoms with Crippen LogP contribution in [0.1, 0.15) is 16.1 Å². The van der Waals surface area contributed by atoms with E-state index in [0.29, 0.717) is 17.7 Å². The van der Waals surface area contributed by atoms with Crippen LogP contribution >= 0.6 is 0 Å². The van der Waals surface area contributed by atoms with E-state index in [2.05, 4.69) is 15.3 Å². The fraction of sp³-hybridized carbons (Fsp3) is 0. The van der Waals surface area contributed by atoms with Gasteiger partial charge in [-0.1, -0.05) is 5.21 Å². The number of rotatable bonds is 2. The van der Waals surface area contributed by atoms with Gasteiger partial charge in [0.05, 0.1) is 6.20 Å². The molecule has 2 aromatic rings. The number of aromatic nitrogens is 4. The summed E-state index contributed by atoms with van der Waals surface area (Å²) in [4.78, 5) is 14.4. The zero-order valence-corrected chi connectivity index (χ0v) is 7.53. The van der Waals surface area contributed by atoms with Crippen molar-refractivity contribution in [1.82, 2.24) is 20.0 Å². The molecule has 0 aliphatic carbocycles. The third kappa shape index (κ3) is 1.71. The van der Waals surface area contributed by atoms with Gasteiger partial charge >= 0.3 is 0 Å². The molecule has 0 N–H and O–H groups in total. The van der Waals surface area contributed by atoms with Crippen LogP contribution in [0.25, 0.3) is 5.82 Å². The standard InChI is InChI=1S/C9H5N5O/c10-3-8-5-14(13-12-8)9-2-1-7(6-15)4-11-9/h1-2,4-6H. The fourth-order valence-electron chi connectivity index (χ4n) is 1.03. The summed E-state index contributed by atoms with van der Waals surface area (Å²) in [5, 5.41) is 15.8. The molecule has 0 amide bonds. The van der Waals surface area contributed by atoms with Gasteiger partial charge in [-0.2, -0.15) is 5.26 Å². The number of hydrogen-bond acceptors (Lipinski definition) is 5. The van der Waals surface area contributed by atoms with Crippen molar-refractivity contribution < 1.29 is 4.79 Å². The molecule has 0 atom stereocenters. The maximum Gasteiger partial charge on any atom is 0.183 e. The van der Waals surface area contributed by atoms with E-state index < -0.39 is 0 Å². The summed E-state index contributed by atoms with van der Waals surface area (Å²) in [5.74, 6) is 0.509. The Morgan fingerprint density at radius 1 is 1.47 bits per heavy atom. The molecule has 2 heterocycles. The molecule has 0 fully saturated rings. The molecule has 0 aliphatic heterocycles. The minimum absolute atomic E-state index is 0.219. The highest BCUT2D eigenvalue weighted by Crippen LogP contribution is 2.03. The monoisotopic (exact) mass is 199 g/mol. The predicted octanol–water partition coefficient (Wildman–Crippen LogP) is 0.346. The molecule has 0 spiro atoms. The first-order chi connectivity index (χ1) is 7.33. The third-order valence-corrected chi connectivity index (χ3v) is 1.75. The van der Waals surface area contributed by atoms with Crippen LogP contribution in [-0.4, -0.2) is 26.3 Å². The van der Waals surface area contributed by atoms with Gasteiger partial charge in [0.1, 0.15) is 6.07 Å². The molecule has 0 saturated heterocycles. The largest absolute Gasteiger partial charge is 0.298 e. The quantitative estimate of drug-likeness (QED) is 0.651. The summed E-state index contributed by atoms with van der Waals surface area (Å²) in [5.41, 5.74) is 0.704. The summed E-state index contributed by atoms with van der Waals surface area (Å²) >= 11 is 0. The molecule has 15 heavy (non-hydrogen) atoms. The summed E-state index contributed by atoms with van der Waals surface area (Å²) < 4.78 is 1.37. The van der Waals surface area contributed by atoms with Crippen molar-refractivity contribution in [1.29, 1.82) is 5.26 Å². The van der Waals surface area contributed by atoms with E-state index in [0.717, 1.165) is 0 Å². The number of nitrogens with zero attached hydrogens (tertiary/aromatic N) is 5. The second kappa shape index (κ2) is 3.67. The lowest BCUT2D eigenvalue weighted by Crippen LogP contribution is -1.98. The molecular weight excluding hydrogens is 194 g/mol. The first-order valence-electron chi connectivity index (χ1n) is 4.07. The maximum absolute atomic E-state index is 10.4. The van der Waals surface area contributed by atoms with Crippen molar-refractivity contribution in [2.24, 2.45) is 0 Å². The van der Waals surface area contributed by atoms with Gasteiger partial charge < -0.3 is 0 Å². The van der Waals surface area contributed by atoms with Gasteiger partial charge in [0.25, 0.3) is 0 Å². The Labute approximate surface area is 84.8 Å². The van der Waals surface area contributed by atoms with Crippen molar-refractivity contribution in [3.8, 4) is 11.9 Å². The first-order valence-corrected chi connectivity index (χ1v) is 4.07. The zero-order chi connectivity index (χ0) is 10.7. The van der Waals surface area contributed by atoms with E-state index in [1.165, 1.54) is 17.1 Å². The van der Waals surface area contributed by atoms with E-state index in [9.17, 15) is 4.79 Å². The Morgan fingerprint density at radius 3 is 2.87 bits per heavy atom. The van der Waals surface area contributed by atoms with Gasteiger partial charge in [-0.25, -0.2) is 9.67 Å². The molecule has 0 saturated carbocycles. The number of carbonyl (C=O) groups excluding carboxylic acids is 1. The van der Waals surface area contributed by atoms with Gasteiger partial charge in [-0.15, -0.1) is 5.10 Å². The lowest BCUT2D eigenvalue weighted by molar-refractivity contribution is 0.112. The van der Waals surface area contributed by atoms with Crippen LogP contribution in [0, 0.1) is 11.3 Å². The molecule has 0 radical (unpaired) electrons. The van der Waals surface area contributed by atoms with E-state index in [-0.39, 0.29) is 5.69 Å². The van der Waals surface area contributed by atoms with Crippen LogP contribution in [-0.2, 0) is 0 Å².